The lowest BCUT2D eigenvalue weighted by atomic mass is 10.1. The topological polar surface area (TPSA) is 84.9 Å². The van der Waals surface area contributed by atoms with E-state index in [-0.39, 0.29) is 11.3 Å². The van der Waals surface area contributed by atoms with Crippen LogP contribution in [0.4, 0.5) is 0 Å². The molecule has 2 heterocycles. The van der Waals surface area contributed by atoms with E-state index in [1.54, 1.807) is 0 Å². The van der Waals surface area contributed by atoms with Crippen LogP contribution in [0.3, 0.4) is 0 Å². The maximum absolute atomic E-state index is 10.9. The number of hydrogen-bond donors (Lipinski definition) is 1. The van der Waals surface area contributed by atoms with Gasteiger partial charge >= 0.3 is 0 Å². The van der Waals surface area contributed by atoms with Crippen molar-refractivity contribution in [1.82, 2.24) is 15.2 Å². The van der Waals surface area contributed by atoms with Crippen LogP contribution in [0, 0.1) is 0 Å². The van der Waals surface area contributed by atoms with Crippen LogP contribution in [0.1, 0.15) is 25.1 Å². The SMILES string of the molecule is O=S(=O)(Cl)c1n[nH]c(CC2CCCCO2)n1. The number of aromatic nitrogens is 3. The van der Waals surface area contributed by atoms with E-state index in [0.717, 1.165) is 25.9 Å². The van der Waals surface area contributed by atoms with E-state index in [9.17, 15) is 8.42 Å². The van der Waals surface area contributed by atoms with Crippen LogP contribution >= 0.6 is 10.7 Å². The summed E-state index contributed by atoms with van der Waals surface area (Å²) < 4.78 is 27.4. The van der Waals surface area contributed by atoms with Gasteiger partial charge in [-0.2, -0.15) is 0 Å². The van der Waals surface area contributed by atoms with Crippen molar-refractivity contribution in [3.8, 4) is 0 Å². The fourth-order valence-corrected chi connectivity index (χ4v) is 2.24. The Kier molecular flexibility index (Phi) is 3.46. The van der Waals surface area contributed by atoms with E-state index in [1.165, 1.54) is 0 Å². The average molecular weight is 266 g/mol. The number of H-pyrrole nitrogens is 1. The molecule has 1 aromatic rings. The molecule has 0 aliphatic carbocycles. The molecule has 0 radical (unpaired) electrons. The van der Waals surface area contributed by atoms with Crippen molar-refractivity contribution in [2.24, 2.45) is 0 Å². The second-order valence-electron chi connectivity index (χ2n) is 3.70. The molecule has 8 heteroatoms. The predicted molar refractivity (Wildman–Crippen MR) is 56.7 cm³/mol. The molecule has 1 N–H and O–H groups in total. The fourth-order valence-electron chi connectivity index (χ4n) is 1.66. The Morgan fingerprint density at radius 1 is 1.50 bits per heavy atom. The number of halogens is 1. The molecule has 0 amide bonds. The van der Waals surface area contributed by atoms with Crippen molar-refractivity contribution in [2.45, 2.75) is 36.9 Å². The van der Waals surface area contributed by atoms with Crippen molar-refractivity contribution in [3.63, 3.8) is 0 Å². The summed E-state index contributed by atoms with van der Waals surface area (Å²) >= 11 is 0. The van der Waals surface area contributed by atoms with Gasteiger partial charge in [0.25, 0.3) is 14.2 Å². The second kappa shape index (κ2) is 4.68. The first-order valence-electron chi connectivity index (χ1n) is 5.03. The zero-order valence-electron chi connectivity index (χ0n) is 8.52. The minimum absolute atomic E-state index is 0.0904. The number of nitrogens with one attached hydrogen (secondary N) is 1. The summed E-state index contributed by atoms with van der Waals surface area (Å²) in [4.78, 5) is 3.81. The fraction of sp³-hybridized carbons (Fsp3) is 0.750. The Hall–Kier alpha value is -0.660. The molecule has 2 rings (SSSR count). The molecule has 16 heavy (non-hydrogen) atoms. The van der Waals surface area contributed by atoms with Gasteiger partial charge in [-0.1, -0.05) is 0 Å². The predicted octanol–water partition coefficient (Wildman–Crippen LogP) is 0.844. The standard InChI is InChI=1S/C8H12ClN3O3S/c9-16(13,14)8-10-7(11-12-8)5-6-3-1-2-4-15-6/h6H,1-5H2,(H,10,11,12). The minimum atomic E-state index is -3.84. The first kappa shape index (κ1) is 11.8. The van der Waals surface area contributed by atoms with Gasteiger partial charge in [0.05, 0.1) is 6.10 Å². The summed E-state index contributed by atoms with van der Waals surface area (Å²) in [6.07, 6.45) is 3.80. The molecule has 1 aliphatic heterocycles. The van der Waals surface area contributed by atoms with Crippen LogP contribution in [0.15, 0.2) is 5.16 Å². The minimum Gasteiger partial charge on any atom is -0.378 e. The first-order valence-corrected chi connectivity index (χ1v) is 7.34. The number of nitrogens with zero attached hydrogens (tertiary/aromatic N) is 2. The van der Waals surface area contributed by atoms with Crippen molar-refractivity contribution in [2.75, 3.05) is 6.61 Å². The Morgan fingerprint density at radius 2 is 2.31 bits per heavy atom. The van der Waals surface area contributed by atoms with Gasteiger partial charge in [0.1, 0.15) is 5.82 Å². The van der Waals surface area contributed by atoms with Crippen LogP contribution in [-0.4, -0.2) is 36.3 Å². The van der Waals surface area contributed by atoms with Crippen LogP contribution in [0.5, 0.6) is 0 Å². The van der Waals surface area contributed by atoms with Crippen molar-refractivity contribution < 1.29 is 13.2 Å². The second-order valence-corrected chi connectivity index (χ2v) is 6.15. The van der Waals surface area contributed by atoms with Crippen LogP contribution < -0.4 is 0 Å². The molecule has 1 aromatic heterocycles. The molecule has 90 valence electrons. The maximum atomic E-state index is 10.9. The number of ether oxygens (including phenoxy) is 1. The smallest absolute Gasteiger partial charge is 0.298 e. The summed E-state index contributed by atoms with van der Waals surface area (Å²) in [6, 6.07) is 0. The number of hydrogen-bond acceptors (Lipinski definition) is 5. The molecular weight excluding hydrogens is 254 g/mol. The maximum Gasteiger partial charge on any atom is 0.298 e. The van der Waals surface area contributed by atoms with Gasteiger partial charge in [0, 0.05) is 23.7 Å². The van der Waals surface area contributed by atoms with Gasteiger partial charge in [-0.15, -0.1) is 5.10 Å². The lowest BCUT2D eigenvalue weighted by molar-refractivity contribution is 0.0156. The third-order valence-electron chi connectivity index (χ3n) is 2.42. The summed E-state index contributed by atoms with van der Waals surface area (Å²) in [7, 11) is 1.27. The van der Waals surface area contributed by atoms with Gasteiger partial charge in [0.15, 0.2) is 0 Å². The molecule has 0 saturated carbocycles. The molecule has 1 atom stereocenters. The third-order valence-corrected chi connectivity index (χ3v) is 3.46. The zero-order valence-corrected chi connectivity index (χ0v) is 10.1. The van der Waals surface area contributed by atoms with Gasteiger partial charge in [0.2, 0.25) is 0 Å². The highest BCUT2D eigenvalue weighted by Crippen LogP contribution is 2.16. The third kappa shape index (κ3) is 2.93. The van der Waals surface area contributed by atoms with E-state index >= 15 is 0 Å². The Labute approximate surface area is 97.8 Å². The van der Waals surface area contributed by atoms with E-state index in [4.69, 9.17) is 15.4 Å². The van der Waals surface area contributed by atoms with Crippen molar-refractivity contribution in [1.29, 1.82) is 0 Å². The number of rotatable bonds is 3. The molecule has 0 aromatic carbocycles. The molecule has 1 saturated heterocycles. The molecule has 1 fully saturated rings. The highest BCUT2D eigenvalue weighted by Gasteiger charge is 2.20. The van der Waals surface area contributed by atoms with Crippen LogP contribution in [0.25, 0.3) is 0 Å². The molecular formula is C8H12ClN3O3S. The van der Waals surface area contributed by atoms with Crippen molar-refractivity contribution in [3.05, 3.63) is 5.82 Å². The lowest BCUT2D eigenvalue weighted by Gasteiger charge is -2.21. The molecule has 1 aliphatic rings. The van der Waals surface area contributed by atoms with Gasteiger partial charge in [-0.25, -0.2) is 13.4 Å². The van der Waals surface area contributed by atoms with Gasteiger partial charge < -0.3 is 4.74 Å². The normalized spacial score (nSPS) is 22.2. The molecule has 1 unspecified atom stereocenters. The van der Waals surface area contributed by atoms with Crippen LogP contribution in [0.2, 0.25) is 0 Å². The van der Waals surface area contributed by atoms with Gasteiger partial charge in [-0.3, -0.25) is 5.10 Å². The highest BCUT2D eigenvalue weighted by molar-refractivity contribution is 8.13. The summed E-state index contributed by atoms with van der Waals surface area (Å²) in [5, 5.41) is 5.72. The largest absolute Gasteiger partial charge is 0.378 e. The summed E-state index contributed by atoms with van der Waals surface area (Å²) in [6.45, 7) is 0.749. The Balaban J connectivity index is 2.02. The quantitative estimate of drug-likeness (QED) is 0.819. The van der Waals surface area contributed by atoms with E-state index in [2.05, 4.69) is 15.2 Å². The Bertz CT molecular complexity index is 453. The van der Waals surface area contributed by atoms with E-state index in [0.29, 0.717) is 12.2 Å². The van der Waals surface area contributed by atoms with Crippen molar-refractivity contribution >= 4 is 19.7 Å². The zero-order chi connectivity index (χ0) is 11.6. The lowest BCUT2D eigenvalue weighted by Crippen LogP contribution is -2.21. The summed E-state index contributed by atoms with van der Waals surface area (Å²) in [5.41, 5.74) is 0. The van der Waals surface area contributed by atoms with E-state index in [1.807, 2.05) is 0 Å². The highest BCUT2D eigenvalue weighted by atomic mass is 35.7. The molecule has 0 bridgehead atoms. The Morgan fingerprint density at radius 3 is 2.88 bits per heavy atom. The monoisotopic (exact) mass is 265 g/mol. The van der Waals surface area contributed by atoms with Crippen LogP contribution in [-0.2, 0) is 20.2 Å². The number of aromatic amines is 1. The molecule has 0 spiro atoms. The van der Waals surface area contributed by atoms with Gasteiger partial charge in [-0.05, 0) is 19.3 Å². The average Bonchev–Trinajstić information content (AvgIpc) is 2.67. The molecule has 6 nitrogen and oxygen atoms in total. The first-order chi connectivity index (χ1) is 7.55. The van der Waals surface area contributed by atoms with E-state index < -0.39 is 9.05 Å². The summed E-state index contributed by atoms with van der Waals surface area (Å²) in [5.74, 6) is 0.492.